The second kappa shape index (κ2) is 63.9. The maximum absolute atomic E-state index is 13.5. The van der Waals surface area contributed by atoms with Crippen molar-refractivity contribution in [2.45, 2.75) is 413 Å². The molecule has 19 nitrogen and oxygen atoms in total. The monoisotopic (exact) mass is 1460 g/mol. The van der Waals surface area contributed by atoms with Crippen LogP contribution in [0.15, 0.2) is 85.1 Å². The second-order valence-electron chi connectivity index (χ2n) is 29.2. The lowest BCUT2D eigenvalue weighted by atomic mass is 9.96. The van der Waals surface area contributed by atoms with E-state index in [1.807, 2.05) is 6.08 Å². The van der Waals surface area contributed by atoms with Crippen molar-refractivity contribution in [1.29, 1.82) is 0 Å². The zero-order chi connectivity index (χ0) is 74.6. The molecular formula is C84H149NO18. The molecule has 0 aromatic rings. The van der Waals surface area contributed by atoms with Gasteiger partial charge in [-0.15, -0.1) is 0 Å². The van der Waals surface area contributed by atoms with Crippen LogP contribution in [0.25, 0.3) is 0 Å². The van der Waals surface area contributed by atoms with Gasteiger partial charge >= 0.3 is 0 Å². The maximum atomic E-state index is 13.5. The molecule has 12 N–H and O–H groups in total. The van der Waals surface area contributed by atoms with Gasteiger partial charge in [0.25, 0.3) is 0 Å². The normalized spacial score (nSPS) is 26.5. The summed E-state index contributed by atoms with van der Waals surface area (Å²) in [6, 6.07) is -0.976. The van der Waals surface area contributed by atoms with Gasteiger partial charge in [-0.1, -0.05) is 317 Å². The molecule has 3 aliphatic heterocycles. The zero-order valence-corrected chi connectivity index (χ0v) is 64.0. The lowest BCUT2D eigenvalue weighted by Crippen LogP contribution is -2.66. The van der Waals surface area contributed by atoms with Crippen molar-refractivity contribution in [2.75, 3.05) is 26.4 Å². The summed E-state index contributed by atoms with van der Waals surface area (Å²) in [5.74, 6) is -0.272. The highest BCUT2D eigenvalue weighted by atomic mass is 16.8. The first-order valence-corrected chi connectivity index (χ1v) is 41.3. The molecule has 0 aliphatic carbocycles. The third-order valence-corrected chi connectivity index (χ3v) is 20.2. The minimum atomic E-state index is -1.98. The van der Waals surface area contributed by atoms with Crippen molar-refractivity contribution < 1.29 is 89.4 Å². The summed E-state index contributed by atoms with van der Waals surface area (Å²) >= 11 is 0. The molecule has 0 radical (unpaired) electrons. The van der Waals surface area contributed by atoms with E-state index in [0.717, 1.165) is 83.5 Å². The highest BCUT2D eigenvalue weighted by Crippen LogP contribution is 2.33. The molecule has 17 atom stereocenters. The van der Waals surface area contributed by atoms with Crippen LogP contribution in [0.3, 0.4) is 0 Å². The molecule has 0 saturated carbocycles. The first-order valence-electron chi connectivity index (χ1n) is 41.3. The van der Waals surface area contributed by atoms with Gasteiger partial charge in [0.2, 0.25) is 5.91 Å². The molecule has 0 bridgehead atoms. The molecule has 3 rings (SSSR count). The summed E-state index contributed by atoms with van der Waals surface area (Å²) in [5, 5.41) is 121. The predicted octanol–water partition coefficient (Wildman–Crippen LogP) is 14.2. The number of carbonyl (C=O) groups is 1. The van der Waals surface area contributed by atoms with Crippen molar-refractivity contribution in [1.82, 2.24) is 5.32 Å². The maximum Gasteiger partial charge on any atom is 0.220 e. The Morgan fingerprint density at radius 2 is 0.670 bits per heavy atom. The number of aliphatic hydroxyl groups is 11. The zero-order valence-electron chi connectivity index (χ0n) is 64.0. The van der Waals surface area contributed by atoms with Crippen LogP contribution in [-0.2, 0) is 33.2 Å². The number of unbranched alkanes of at least 4 members (excludes halogenated alkanes) is 37. The number of rotatable bonds is 65. The lowest BCUT2D eigenvalue weighted by molar-refractivity contribution is -0.379. The van der Waals surface area contributed by atoms with Crippen molar-refractivity contribution in [3.8, 4) is 0 Å². The number of nitrogens with one attached hydrogen (secondary N) is 1. The summed E-state index contributed by atoms with van der Waals surface area (Å²) in [7, 11) is 0. The van der Waals surface area contributed by atoms with E-state index in [9.17, 15) is 61.0 Å². The fraction of sp³-hybridized carbons (Fsp3) is 0.821. The number of hydrogen-bond acceptors (Lipinski definition) is 18. The first kappa shape index (κ1) is 94.2. The van der Waals surface area contributed by atoms with E-state index < -0.39 is 124 Å². The Hall–Kier alpha value is -3.03. The standard InChI is InChI=1S/C84H149NO18/c1-3-5-7-9-11-13-15-17-19-21-23-24-25-26-27-28-29-30-31-32-33-34-35-36-37-38-39-40-41-42-44-46-48-50-52-54-56-58-60-62-72(90)85-67(68(89)61-59-57-55-53-51-49-47-45-43-22-20-18-16-14-12-10-8-6-4-2)66-98-82-78(96)75(93)80(70(64-87)100-82)103-84-79(97)76(94)81(71(65-88)101-84)102-83-77(95)74(92)73(91)69(63-86)99-83/h5,7,11,13,17,19,23-24,26-27,29-30,59,61,67-71,73-84,86-89,91-97H,3-4,6,8-10,12,14-16,18,20-22,25,28,31-58,60,62-66H2,1-2H3,(H,85,90)/b7-5-,13-11-,19-17-,24-23-,27-26-,30-29-,61-59+. The largest absolute Gasteiger partial charge is 0.394 e. The van der Waals surface area contributed by atoms with Crippen LogP contribution in [0, 0.1) is 0 Å². The number of amides is 1. The third kappa shape index (κ3) is 43.7. The molecule has 19 heteroatoms. The molecule has 1 amide bonds. The van der Waals surface area contributed by atoms with Gasteiger partial charge in [-0.05, 0) is 70.6 Å². The van der Waals surface area contributed by atoms with Crippen LogP contribution in [0.2, 0.25) is 0 Å². The summed E-state index contributed by atoms with van der Waals surface area (Å²) in [6.45, 7) is 1.65. The molecule has 0 aromatic heterocycles. The molecule has 103 heavy (non-hydrogen) atoms. The van der Waals surface area contributed by atoms with E-state index >= 15 is 0 Å². The van der Waals surface area contributed by atoms with Crippen LogP contribution in [-0.4, -0.2) is 193 Å². The molecule has 0 aromatic carbocycles. The topological polar surface area (TPSA) is 307 Å². The number of aliphatic hydroxyl groups excluding tert-OH is 11. The van der Waals surface area contributed by atoms with Crippen molar-refractivity contribution in [3.63, 3.8) is 0 Å². The SMILES string of the molecule is CC/C=C\C/C=C\C/C=C\C/C=C\C/C=C\C/C=C\CCCCCCCCCCCCCCCCCCCCCCC(=O)NC(COC1OC(CO)C(OC2OC(CO)C(OC3OC(CO)C(O)C(O)C3O)C(O)C2O)C(O)C1O)C(O)/C=C/CCCCCCCCCCCCCCCCCCC. The van der Waals surface area contributed by atoms with E-state index in [4.69, 9.17) is 28.4 Å². The van der Waals surface area contributed by atoms with E-state index in [-0.39, 0.29) is 18.9 Å². The second-order valence-corrected chi connectivity index (χ2v) is 29.2. The average molecular weight is 1460 g/mol. The number of allylic oxidation sites excluding steroid dienone is 13. The van der Waals surface area contributed by atoms with Crippen LogP contribution >= 0.6 is 0 Å². The lowest BCUT2D eigenvalue weighted by Gasteiger charge is -2.48. The van der Waals surface area contributed by atoms with Gasteiger partial charge in [0.05, 0.1) is 38.6 Å². The van der Waals surface area contributed by atoms with Crippen molar-refractivity contribution in [2.24, 2.45) is 0 Å². The van der Waals surface area contributed by atoms with Gasteiger partial charge in [-0.2, -0.15) is 0 Å². The Morgan fingerprint density at radius 3 is 1.05 bits per heavy atom. The number of carbonyl (C=O) groups excluding carboxylic acids is 1. The summed E-state index contributed by atoms with van der Waals surface area (Å²) in [5.41, 5.74) is 0. The molecule has 3 saturated heterocycles. The van der Waals surface area contributed by atoms with Gasteiger partial charge < -0.3 is 89.9 Å². The van der Waals surface area contributed by atoms with Crippen LogP contribution in [0.1, 0.15) is 309 Å². The number of ether oxygens (including phenoxy) is 6. The Balaban J connectivity index is 1.32. The molecule has 3 fully saturated rings. The van der Waals surface area contributed by atoms with Crippen molar-refractivity contribution in [3.05, 3.63) is 85.1 Å². The van der Waals surface area contributed by atoms with Crippen LogP contribution in [0.4, 0.5) is 0 Å². The minimum Gasteiger partial charge on any atom is -0.394 e. The van der Waals surface area contributed by atoms with Gasteiger partial charge in [-0.3, -0.25) is 4.79 Å². The minimum absolute atomic E-state index is 0.244. The highest BCUT2D eigenvalue weighted by Gasteiger charge is 2.54. The molecule has 598 valence electrons. The molecule has 0 spiro atoms. The van der Waals surface area contributed by atoms with Crippen LogP contribution in [0.5, 0.6) is 0 Å². The van der Waals surface area contributed by atoms with E-state index in [2.05, 4.69) is 92.1 Å². The summed E-state index contributed by atoms with van der Waals surface area (Å²) in [6.07, 6.45) is 58.6. The fourth-order valence-electron chi connectivity index (χ4n) is 13.6. The van der Waals surface area contributed by atoms with Gasteiger partial charge in [0, 0.05) is 6.42 Å². The predicted molar refractivity (Wildman–Crippen MR) is 411 cm³/mol. The Bertz CT molecular complexity index is 2190. The van der Waals surface area contributed by atoms with Gasteiger partial charge in [-0.25, -0.2) is 0 Å². The van der Waals surface area contributed by atoms with Gasteiger partial charge in [0.1, 0.15) is 73.2 Å². The molecule has 3 heterocycles. The summed E-state index contributed by atoms with van der Waals surface area (Å²) in [4.78, 5) is 13.5. The fourth-order valence-corrected chi connectivity index (χ4v) is 13.6. The average Bonchev–Trinajstić information content (AvgIpc) is 0.781. The van der Waals surface area contributed by atoms with Gasteiger partial charge in [0.15, 0.2) is 18.9 Å². The van der Waals surface area contributed by atoms with E-state index in [1.165, 1.54) is 199 Å². The molecule has 17 unspecified atom stereocenters. The Kier molecular flexibility index (Phi) is 58.4. The smallest absolute Gasteiger partial charge is 0.220 e. The number of hydrogen-bond donors (Lipinski definition) is 12. The van der Waals surface area contributed by atoms with Crippen LogP contribution < -0.4 is 5.32 Å². The Labute approximate surface area is 622 Å². The molecular weight excluding hydrogens is 1310 g/mol. The molecule has 3 aliphatic rings. The van der Waals surface area contributed by atoms with Crippen molar-refractivity contribution >= 4 is 5.91 Å². The quantitative estimate of drug-likeness (QED) is 0.0199. The van der Waals surface area contributed by atoms with E-state index in [0.29, 0.717) is 6.42 Å². The Morgan fingerprint density at radius 1 is 0.359 bits per heavy atom. The third-order valence-electron chi connectivity index (χ3n) is 20.2. The first-order chi connectivity index (χ1) is 50.3. The highest BCUT2D eigenvalue weighted by molar-refractivity contribution is 5.76. The summed E-state index contributed by atoms with van der Waals surface area (Å²) < 4.78 is 34.5. The van der Waals surface area contributed by atoms with E-state index in [1.54, 1.807) is 6.08 Å².